The standard InChI is InChI=1S/C26H24FN3O5/c1-34-22-9-5-6-18(24(22)35-2)14-28-23(31)16-29-21-8-4-3-7-20(21)25(32)30(26(29)33)15-17-10-12-19(27)13-11-17/h3-13H,14-16H2,1-2H3,(H,28,31). The van der Waals surface area contributed by atoms with Gasteiger partial charge in [-0.1, -0.05) is 36.4 Å². The molecule has 0 atom stereocenters. The highest BCUT2D eigenvalue weighted by Gasteiger charge is 2.16. The first-order valence-electron chi connectivity index (χ1n) is 10.9. The number of methoxy groups -OCH3 is 2. The van der Waals surface area contributed by atoms with Crippen molar-refractivity contribution in [3.8, 4) is 11.5 Å². The van der Waals surface area contributed by atoms with Crippen LogP contribution in [0.5, 0.6) is 11.5 Å². The Kier molecular flexibility index (Phi) is 6.96. The second-order valence-corrected chi connectivity index (χ2v) is 7.83. The predicted octanol–water partition coefficient (Wildman–Crippen LogP) is 2.68. The van der Waals surface area contributed by atoms with E-state index in [1.807, 2.05) is 0 Å². The smallest absolute Gasteiger partial charge is 0.332 e. The number of ether oxygens (including phenoxy) is 2. The van der Waals surface area contributed by atoms with E-state index in [1.54, 1.807) is 42.5 Å². The second kappa shape index (κ2) is 10.3. The van der Waals surface area contributed by atoms with Crippen LogP contribution >= 0.6 is 0 Å². The van der Waals surface area contributed by atoms with Gasteiger partial charge < -0.3 is 14.8 Å². The molecule has 8 nitrogen and oxygen atoms in total. The zero-order valence-corrected chi connectivity index (χ0v) is 19.3. The van der Waals surface area contributed by atoms with Gasteiger partial charge in [0.15, 0.2) is 11.5 Å². The molecule has 3 aromatic carbocycles. The Bertz CT molecular complexity index is 1490. The molecule has 1 heterocycles. The summed E-state index contributed by atoms with van der Waals surface area (Å²) in [4.78, 5) is 39.2. The molecule has 4 aromatic rings. The minimum Gasteiger partial charge on any atom is -0.493 e. The molecule has 0 aliphatic rings. The minimum atomic E-state index is -0.632. The summed E-state index contributed by atoms with van der Waals surface area (Å²) in [7, 11) is 3.04. The van der Waals surface area contributed by atoms with Crippen molar-refractivity contribution in [1.82, 2.24) is 14.5 Å². The van der Waals surface area contributed by atoms with Crippen LogP contribution < -0.4 is 26.0 Å². The van der Waals surface area contributed by atoms with Gasteiger partial charge in [-0.2, -0.15) is 0 Å². The average Bonchev–Trinajstić information content (AvgIpc) is 2.88. The fourth-order valence-corrected chi connectivity index (χ4v) is 3.92. The largest absolute Gasteiger partial charge is 0.493 e. The van der Waals surface area contributed by atoms with Gasteiger partial charge in [-0.05, 0) is 35.9 Å². The van der Waals surface area contributed by atoms with Crippen molar-refractivity contribution in [2.24, 2.45) is 0 Å². The third-order valence-corrected chi connectivity index (χ3v) is 5.65. The van der Waals surface area contributed by atoms with Crippen molar-refractivity contribution in [1.29, 1.82) is 0 Å². The minimum absolute atomic E-state index is 0.0502. The monoisotopic (exact) mass is 477 g/mol. The van der Waals surface area contributed by atoms with Crippen LogP contribution in [0, 0.1) is 5.82 Å². The van der Waals surface area contributed by atoms with Crippen LogP contribution in [0.1, 0.15) is 11.1 Å². The maximum atomic E-state index is 13.3. The molecule has 0 bridgehead atoms. The maximum absolute atomic E-state index is 13.3. The van der Waals surface area contributed by atoms with Gasteiger partial charge in [0.05, 0.1) is 31.7 Å². The zero-order valence-electron chi connectivity index (χ0n) is 19.3. The third-order valence-electron chi connectivity index (χ3n) is 5.65. The number of para-hydroxylation sites is 2. The van der Waals surface area contributed by atoms with E-state index in [0.717, 1.165) is 4.57 Å². The van der Waals surface area contributed by atoms with Crippen LogP contribution in [0.3, 0.4) is 0 Å². The van der Waals surface area contributed by atoms with Crippen LogP contribution in [-0.2, 0) is 24.4 Å². The molecule has 35 heavy (non-hydrogen) atoms. The number of amides is 1. The van der Waals surface area contributed by atoms with Gasteiger partial charge in [-0.3, -0.25) is 18.7 Å². The van der Waals surface area contributed by atoms with E-state index in [2.05, 4.69) is 5.32 Å². The summed E-state index contributed by atoms with van der Waals surface area (Å²) in [5.41, 5.74) is 0.535. The van der Waals surface area contributed by atoms with Crippen molar-refractivity contribution in [3.05, 3.63) is 105 Å². The fourth-order valence-electron chi connectivity index (χ4n) is 3.92. The Morgan fingerprint density at radius 3 is 2.37 bits per heavy atom. The van der Waals surface area contributed by atoms with E-state index in [9.17, 15) is 18.8 Å². The number of hydrogen-bond acceptors (Lipinski definition) is 5. The van der Waals surface area contributed by atoms with E-state index in [0.29, 0.717) is 33.5 Å². The summed E-state index contributed by atoms with van der Waals surface area (Å²) in [5.74, 6) is 0.204. The maximum Gasteiger partial charge on any atom is 0.332 e. The quantitative estimate of drug-likeness (QED) is 0.421. The molecule has 1 N–H and O–H groups in total. The Hall–Kier alpha value is -4.40. The van der Waals surface area contributed by atoms with E-state index in [4.69, 9.17) is 9.47 Å². The Morgan fingerprint density at radius 2 is 1.66 bits per heavy atom. The fraction of sp³-hybridized carbons (Fsp3) is 0.192. The number of nitrogens with one attached hydrogen (secondary N) is 1. The first-order valence-corrected chi connectivity index (χ1v) is 10.9. The van der Waals surface area contributed by atoms with Gasteiger partial charge in [0.1, 0.15) is 12.4 Å². The number of rotatable bonds is 8. The highest BCUT2D eigenvalue weighted by Crippen LogP contribution is 2.30. The molecular formula is C26H24FN3O5. The second-order valence-electron chi connectivity index (χ2n) is 7.83. The predicted molar refractivity (Wildman–Crippen MR) is 129 cm³/mol. The van der Waals surface area contributed by atoms with E-state index in [1.165, 1.54) is 43.1 Å². The third kappa shape index (κ3) is 4.93. The van der Waals surface area contributed by atoms with Crippen LogP contribution in [-0.4, -0.2) is 29.3 Å². The normalized spacial score (nSPS) is 10.8. The molecule has 0 unspecified atom stereocenters. The summed E-state index contributed by atoms with van der Waals surface area (Å²) >= 11 is 0. The molecule has 1 amide bonds. The zero-order chi connectivity index (χ0) is 24.9. The highest BCUT2D eigenvalue weighted by atomic mass is 19.1. The first kappa shape index (κ1) is 23.7. The molecule has 0 aliphatic carbocycles. The van der Waals surface area contributed by atoms with Gasteiger partial charge in [0, 0.05) is 12.1 Å². The SMILES string of the molecule is COc1cccc(CNC(=O)Cn2c(=O)n(Cc3ccc(F)cc3)c(=O)c3ccccc32)c1OC. The van der Waals surface area contributed by atoms with Crippen molar-refractivity contribution in [2.45, 2.75) is 19.6 Å². The highest BCUT2D eigenvalue weighted by molar-refractivity contribution is 5.81. The Morgan fingerprint density at radius 1 is 0.914 bits per heavy atom. The number of halogens is 1. The van der Waals surface area contributed by atoms with Crippen molar-refractivity contribution >= 4 is 16.8 Å². The van der Waals surface area contributed by atoms with Crippen molar-refractivity contribution < 1.29 is 18.7 Å². The number of carbonyl (C=O) groups excluding carboxylic acids is 1. The number of fused-ring (bicyclic) bond motifs is 1. The van der Waals surface area contributed by atoms with Gasteiger partial charge in [-0.25, -0.2) is 9.18 Å². The molecule has 9 heteroatoms. The molecular weight excluding hydrogens is 453 g/mol. The number of aromatic nitrogens is 2. The molecule has 0 spiro atoms. The Labute approximate surface area is 200 Å². The molecule has 0 fully saturated rings. The lowest BCUT2D eigenvalue weighted by Crippen LogP contribution is -2.42. The summed E-state index contributed by atoms with van der Waals surface area (Å²) in [6, 6.07) is 17.5. The van der Waals surface area contributed by atoms with E-state index >= 15 is 0 Å². The van der Waals surface area contributed by atoms with E-state index < -0.39 is 23.0 Å². The molecule has 0 radical (unpaired) electrons. The number of benzene rings is 3. The van der Waals surface area contributed by atoms with Crippen LogP contribution in [0.25, 0.3) is 10.9 Å². The topological polar surface area (TPSA) is 91.6 Å². The van der Waals surface area contributed by atoms with Gasteiger partial charge >= 0.3 is 5.69 Å². The van der Waals surface area contributed by atoms with Crippen LogP contribution in [0.4, 0.5) is 4.39 Å². The Balaban J connectivity index is 1.65. The molecule has 0 aliphatic heterocycles. The number of hydrogen-bond donors (Lipinski definition) is 1. The van der Waals surface area contributed by atoms with E-state index in [-0.39, 0.29) is 19.6 Å². The summed E-state index contributed by atoms with van der Waals surface area (Å²) in [6.07, 6.45) is 0. The van der Waals surface area contributed by atoms with Crippen LogP contribution in [0.2, 0.25) is 0 Å². The summed E-state index contributed by atoms with van der Waals surface area (Å²) in [6.45, 7) is -0.193. The lowest BCUT2D eigenvalue weighted by molar-refractivity contribution is -0.121. The molecule has 180 valence electrons. The number of carbonyl (C=O) groups is 1. The van der Waals surface area contributed by atoms with Gasteiger partial charge in [0.2, 0.25) is 5.91 Å². The summed E-state index contributed by atoms with van der Waals surface area (Å²) in [5, 5.41) is 3.09. The lowest BCUT2D eigenvalue weighted by Gasteiger charge is -2.15. The number of nitrogens with zero attached hydrogens (tertiary/aromatic N) is 2. The molecule has 0 saturated heterocycles. The van der Waals surface area contributed by atoms with Crippen molar-refractivity contribution in [3.63, 3.8) is 0 Å². The van der Waals surface area contributed by atoms with Gasteiger partial charge in [0.25, 0.3) is 5.56 Å². The van der Waals surface area contributed by atoms with Crippen LogP contribution in [0.15, 0.2) is 76.3 Å². The molecule has 1 aromatic heterocycles. The summed E-state index contributed by atoms with van der Waals surface area (Å²) < 4.78 is 26.3. The van der Waals surface area contributed by atoms with Gasteiger partial charge in [-0.15, -0.1) is 0 Å². The molecule has 0 saturated carbocycles. The lowest BCUT2D eigenvalue weighted by atomic mass is 10.2. The molecule has 4 rings (SSSR count). The van der Waals surface area contributed by atoms with Crippen molar-refractivity contribution in [2.75, 3.05) is 14.2 Å². The average molecular weight is 477 g/mol. The first-order chi connectivity index (χ1) is 16.9.